The molecule has 94 valence electrons. The minimum atomic E-state index is -3.10. The Morgan fingerprint density at radius 1 is 1.47 bits per heavy atom. The number of nitro groups is 1. The van der Waals surface area contributed by atoms with E-state index in [1.165, 1.54) is 12.1 Å². The van der Waals surface area contributed by atoms with Gasteiger partial charge in [-0.3, -0.25) is 10.1 Å². The maximum atomic E-state index is 10.9. The minimum absolute atomic E-state index is 0.0934. The molecule has 17 heavy (non-hydrogen) atoms. The molecule has 7 nitrogen and oxygen atoms in total. The maximum absolute atomic E-state index is 10.9. The van der Waals surface area contributed by atoms with Gasteiger partial charge in [0.2, 0.25) is 5.82 Å². The monoisotopic (exact) mass is 259 g/mol. The van der Waals surface area contributed by atoms with E-state index in [4.69, 9.17) is 0 Å². The predicted molar refractivity (Wildman–Crippen MR) is 63.8 cm³/mol. The summed E-state index contributed by atoms with van der Waals surface area (Å²) in [5.41, 5.74) is 0.460. The number of hydrogen-bond acceptors (Lipinski definition) is 6. The van der Waals surface area contributed by atoms with Gasteiger partial charge < -0.3 is 5.32 Å². The van der Waals surface area contributed by atoms with Gasteiger partial charge in [0, 0.05) is 24.6 Å². The van der Waals surface area contributed by atoms with Gasteiger partial charge in [0.05, 0.1) is 10.7 Å². The molecule has 0 radical (unpaired) electrons. The zero-order chi connectivity index (χ0) is 13.1. The van der Waals surface area contributed by atoms with Crippen LogP contribution in [-0.4, -0.2) is 36.9 Å². The van der Waals surface area contributed by atoms with E-state index in [1.54, 1.807) is 6.92 Å². The summed E-state index contributed by atoms with van der Waals surface area (Å²) in [6, 6.07) is 2.87. The van der Waals surface area contributed by atoms with Gasteiger partial charge in [-0.2, -0.15) is 0 Å². The number of anilines is 1. The molecule has 8 heteroatoms. The van der Waals surface area contributed by atoms with Crippen LogP contribution in [0.25, 0.3) is 0 Å². The van der Waals surface area contributed by atoms with Crippen LogP contribution in [0.5, 0.6) is 0 Å². The molecule has 0 spiro atoms. The molecule has 0 fully saturated rings. The van der Waals surface area contributed by atoms with Crippen LogP contribution in [0.15, 0.2) is 12.1 Å². The third-order valence-corrected chi connectivity index (χ3v) is 2.92. The lowest BCUT2D eigenvalue weighted by atomic mass is 10.3. The Labute approximate surface area is 98.9 Å². The number of rotatable bonds is 5. The summed E-state index contributed by atoms with van der Waals surface area (Å²) < 4.78 is 21.8. The van der Waals surface area contributed by atoms with Crippen molar-refractivity contribution in [3.63, 3.8) is 0 Å². The smallest absolute Gasteiger partial charge is 0.311 e. The molecule has 1 N–H and O–H groups in total. The summed E-state index contributed by atoms with van der Waals surface area (Å²) in [6.07, 6.45) is 1.10. The fraction of sp³-hybridized carbons (Fsp3) is 0.444. The summed E-state index contributed by atoms with van der Waals surface area (Å²) in [5, 5.41) is 13.4. The van der Waals surface area contributed by atoms with Gasteiger partial charge >= 0.3 is 5.69 Å². The summed E-state index contributed by atoms with van der Waals surface area (Å²) >= 11 is 0. The van der Waals surface area contributed by atoms with Crippen molar-refractivity contribution in [3.8, 4) is 0 Å². The van der Waals surface area contributed by atoms with Crippen molar-refractivity contribution in [3.05, 3.63) is 27.9 Å². The van der Waals surface area contributed by atoms with E-state index in [0.717, 1.165) is 6.26 Å². The lowest BCUT2D eigenvalue weighted by Crippen LogP contribution is -2.15. The molecular weight excluding hydrogens is 246 g/mol. The number of hydrogen-bond donors (Lipinski definition) is 1. The predicted octanol–water partition coefficient (Wildman–Crippen LogP) is 0.755. The van der Waals surface area contributed by atoms with Gasteiger partial charge in [-0.05, 0) is 13.0 Å². The Morgan fingerprint density at radius 3 is 2.65 bits per heavy atom. The van der Waals surface area contributed by atoms with Gasteiger partial charge in [-0.25, -0.2) is 13.4 Å². The van der Waals surface area contributed by atoms with E-state index in [2.05, 4.69) is 10.3 Å². The highest BCUT2D eigenvalue weighted by Gasteiger charge is 2.15. The first kappa shape index (κ1) is 13.4. The molecule has 1 aromatic rings. The summed E-state index contributed by atoms with van der Waals surface area (Å²) in [7, 11) is -3.10. The zero-order valence-electron chi connectivity index (χ0n) is 9.50. The number of sulfone groups is 1. The molecule has 1 aromatic heterocycles. The second-order valence-corrected chi connectivity index (χ2v) is 5.89. The van der Waals surface area contributed by atoms with Crippen LogP contribution >= 0.6 is 0 Å². The van der Waals surface area contributed by atoms with Crippen LogP contribution in [0.1, 0.15) is 5.69 Å². The molecule has 1 heterocycles. The number of aryl methyl sites for hydroxylation is 1. The Balaban J connectivity index is 2.82. The van der Waals surface area contributed by atoms with E-state index < -0.39 is 14.8 Å². The summed E-state index contributed by atoms with van der Waals surface area (Å²) in [6.45, 7) is 1.79. The van der Waals surface area contributed by atoms with Crippen LogP contribution in [-0.2, 0) is 9.84 Å². The fourth-order valence-corrected chi connectivity index (χ4v) is 1.65. The molecule has 0 atom stereocenters. The number of pyridine rings is 1. The number of aromatic nitrogens is 1. The summed E-state index contributed by atoms with van der Waals surface area (Å²) in [5.74, 6) is -0.00147. The molecule has 0 aromatic carbocycles. The normalized spacial score (nSPS) is 11.2. The molecule has 0 aliphatic rings. The molecule has 0 saturated carbocycles. The van der Waals surface area contributed by atoms with Crippen LogP contribution in [0.3, 0.4) is 0 Å². The fourth-order valence-electron chi connectivity index (χ4n) is 1.18. The number of nitrogens with zero attached hydrogens (tertiary/aromatic N) is 2. The topological polar surface area (TPSA) is 102 Å². The molecule has 1 rings (SSSR count). The third kappa shape index (κ3) is 4.35. The lowest BCUT2D eigenvalue weighted by molar-refractivity contribution is -0.384. The van der Waals surface area contributed by atoms with E-state index in [-0.39, 0.29) is 23.8 Å². The largest absolute Gasteiger partial charge is 0.363 e. The molecule has 0 saturated heterocycles. The second kappa shape index (κ2) is 5.09. The highest BCUT2D eigenvalue weighted by atomic mass is 32.2. The van der Waals surface area contributed by atoms with Crippen molar-refractivity contribution in [1.82, 2.24) is 4.98 Å². The van der Waals surface area contributed by atoms with Gasteiger partial charge in [0.1, 0.15) is 9.84 Å². The SMILES string of the molecule is Cc1ccc([N+](=O)[O-])c(NCCS(C)(=O)=O)n1. The standard InChI is InChI=1S/C9H13N3O4S/c1-7-3-4-8(12(13)14)9(11-7)10-5-6-17(2,15)16/h3-4H,5-6H2,1-2H3,(H,10,11). The first-order valence-electron chi connectivity index (χ1n) is 4.83. The minimum Gasteiger partial charge on any atom is -0.363 e. The van der Waals surface area contributed by atoms with Crippen LogP contribution in [0.4, 0.5) is 11.5 Å². The average Bonchev–Trinajstić information content (AvgIpc) is 2.15. The van der Waals surface area contributed by atoms with E-state index in [1.807, 2.05) is 0 Å². The van der Waals surface area contributed by atoms with E-state index >= 15 is 0 Å². The van der Waals surface area contributed by atoms with Crippen molar-refractivity contribution < 1.29 is 13.3 Å². The maximum Gasteiger partial charge on any atom is 0.311 e. The summed E-state index contributed by atoms with van der Waals surface area (Å²) in [4.78, 5) is 14.1. The number of nitrogens with one attached hydrogen (secondary N) is 1. The zero-order valence-corrected chi connectivity index (χ0v) is 10.3. The van der Waals surface area contributed by atoms with Crippen molar-refractivity contribution >= 4 is 21.3 Å². The average molecular weight is 259 g/mol. The molecule has 0 bridgehead atoms. The highest BCUT2D eigenvalue weighted by molar-refractivity contribution is 7.90. The quantitative estimate of drug-likeness (QED) is 0.618. The first-order chi connectivity index (χ1) is 7.79. The molecule has 0 amide bonds. The third-order valence-electron chi connectivity index (χ3n) is 1.98. The Bertz CT molecular complexity index is 527. The van der Waals surface area contributed by atoms with Gasteiger partial charge in [-0.1, -0.05) is 0 Å². The van der Waals surface area contributed by atoms with Crippen LogP contribution < -0.4 is 5.32 Å². The van der Waals surface area contributed by atoms with Crippen molar-refractivity contribution in [2.75, 3.05) is 23.9 Å². The lowest BCUT2D eigenvalue weighted by Gasteiger charge is -2.05. The Kier molecular flexibility index (Phi) is 4.00. The second-order valence-electron chi connectivity index (χ2n) is 3.63. The first-order valence-corrected chi connectivity index (χ1v) is 6.89. The van der Waals surface area contributed by atoms with Crippen LogP contribution in [0.2, 0.25) is 0 Å². The van der Waals surface area contributed by atoms with Gasteiger partial charge in [0.25, 0.3) is 0 Å². The van der Waals surface area contributed by atoms with Gasteiger partial charge in [-0.15, -0.1) is 0 Å². The molecule has 0 unspecified atom stereocenters. The van der Waals surface area contributed by atoms with Gasteiger partial charge in [0.15, 0.2) is 0 Å². The van der Waals surface area contributed by atoms with Crippen molar-refractivity contribution in [2.24, 2.45) is 0 Å². The molecular formula is C9H13N3O4S. The Morgan fingerprint density at radius 2 is 2.12 bits per heavy atom. The Hall–Kier alpha value is -1.70. The van der Waals surface area contributed by atoms with E-state index in [9.17, 15) is 18.5 Å². The molecule has 0 aliphatic heterocycles. The van der Waals surface area contributed by atoms with Crippen LogP contribution in [0, 0.1) is 17.0 Å². The molecule has 0 aliphatic carbocycles. The van der Waals surface area contributed by atoms with E-state index in [0.29, 0.717) is 5.69 Å². The van der Waals surface area contributed by atoms with Crippen molar-refractivity contribution in [2.45, 2.75) is 6.92 Å². The highest BCUT2D eigenvalue weighted by Crippen LogP contribution is 2.21. The van der Waals surface area contributed by atoms with Crippen molar-refractivity contribution in [1.29, 1.82) is 0 Å².